The van der Waals surface area contributed by atoms with Gasteiger partial charge >= 0.3 is 5.76 Å². The number of nitrogens with one attached hydrogen (secondary N) is 1. The monoisotopic (exact) mass is 491 g/mol. The van der Waals surface area contributed by atoms with E-state index in [0.29, 0.717) is 49.4 Å². The van der Waals surface area contributed by atoms with Gasteiger partial charge in [0, 0.05) is 44.2 Å². The molecule has 1 aliphatic rings. The molecular weight excluding hydrogens is 466 g/mol. The van der Waals surface area contributed by atoms with Crippen LogP contribution in [0.2, 0.25) is 5.02 Å². The number of carbonyl (C=O) groups is 1. The lowest BCUT2D eigenvalue weighted by Gasteiger charge is -2.31. The van der Waals surface area contributed by atoms with Crippen LogP contribution < -0.4 is 11.1 Å². The predicted molar refractivity (Wildman–Crippen MR) is 126 cm³/mol. The average molecular weight is 492 g/mol. The summed E-state index contributed by atoms with van der Waals surface area (Å²) >= 11 is 5.88. The Morgan fingerprint density at radius 3 is 2.55 bits per heavy atom. The number of hydrogen-bond acceptors (Lipinski definition) is 5. The van der Waals surface area contributed by atoms with Crippen LogP contribution in [-0.2, 0) is 28.3 Å². The highest BCUT2D eigenvalue weighted by Crippen LogP contribution is 2.27. The van der Waals surface area contributed by atoms with Gasteiger partial charge in [0.15, 0.2) is 5.58 Å². The fourth-order valence-electron chi connectivity index (χ4n) is 4.11. The van der Waals surface area contributed by atoms with Crippen LogP contribution in [0.3, 0.4) is 0 Å². The summed E-state index contributed by atoms with van der Waals surface area (Å²) in [5, 5.41) is 3.63. The van der Waals surface area contributed by atoms with Gasteiger partial charge in [-0.25, -0.2) is 13.2 Å². The molecule has 2 heterocycles. The smallest absolute Gasteiger partial charge is 0.408 e. The minimum Gasteiger partial charge on any atom is -0.408 e. The van der Waals surface area contributed by atoms with E-state index < -0.39 is 15.8 Å². The number of benzene rings is 2. The molecule has 1 aliphatic heterocycles. The van der Waals surface area contributed by atoms with Crippen LogP contribution in [0.4, 0.5) is 0 Å². The van der Waals surface area contributed by atoms with Crippen molar-refractivity contribution in [2.75, 3.05) is 19.6 Å². The van der Waals surface area contributed by atoms with E-state index in [1.165, 1.54) is 21.0 Å². The normalized spacial score (nSPS) is 15.7. The fraction of sp³-hybridized carbons (Fsp3) is 0.391. The van der Waals surface area contributed by atoms with Crippen LogP contribution in [-0.4, -0.2) is 42.8 Å². The summed E-state index contributed by atoms with van der Waals surface area (Å²) in [4.78, 5) is 24.1. The van der Waals surface area contributed by atoms with Crippen molar-refractivity contribution in [2.45, 2.75) is 30.6 Å². The second kappa shape index (κ2) is 9.70. The number of halogens is 1. The number of aromatic nitrogens is 1. The molecular formula is C23H26ClN3O5S. The molecule has 0 radical (unpaired) electrons. The number of amides is 1. The zero-order valence-corrected chi connectivity index (χ0v) is 19.9. The Labute approximate surface area is 197 Å². The summed E-state index contributed by atoms with van der Waals surface area (Å²) < 4.78 is 34.0. The van der Waals surface area contributed by atoms with Gasteiger partial charge in [0.2, 0.25) is 15.9 Å². The summed E-state index contributed by atoms with van der Waals surface area (Å²) in [6.45, 7) is 1.25. The van der Waals surface area contributed by atoms with Crippen molar-refractivity contribution in [3.8, 4) is 0 Å². The fourth-order valence-corrected chi connectivity index (χ4v) is 5.72. The molecule has 3 aromatic rings. The Bertz CT molecular complexity index is 1310. The summed E-state index contributed by atoms with van der Waals surface area (Å²) in [5.74, 6) is -0.414. The first-order valence-electron chi connectivity index (χ1n) is 10.8. The van der Waals surface area contributed by atoms with E-state index in [-0.39, 0.29) is 22.3 Å². The van der Waals surface area contributed by atoms with Crippen molar-refractivity contribution in [3.05, 3.63) is 63.6 Å². The number of aryl methyl sites for hydroxylation is 1. The molecule has 1 N–H and O–H groups in total. The first kappa shape index (κ1) is 23.5. The average Bonchev–Trinajstić information content (AvgIpc) is 3.08. The van der Waals surface area contributed by atoms with Crippen molar-refractivity contribution < 1.29 is 17.6 Å². The maximum atomic E-state index is 13.1. The van der Waals surface area contributed by atoms with Gasteiger partial charge in [0.1, 0.15) is 0 Å². The number of rotatable bonds is 7. The predicted octanol–water partition coefficient (Wildman–Crippen LogP) is 2.93. The van der Waals surface area contributed by atoms with Gasteiger partial charge in [-0.1, -0.05) is 23.7 Å². The molecule has 1 fully saturated rings. The van der Waals surface area contributed by atoms with Crippen molar-refractivity contribution in [2.24, 2.45) is 13.0 Å². The van der Waals surface area contributed by atoms with Crippen LogP contribution in [0.25, 0.3) is 11.1 Å². The largest absolute Gasteiger partial charge is 0.419 e. The van der Waals surface area contributed by atoms with Crippen LogP contribution >= 0.6 is 11.6 Å². The maximum absolute atomic E-state index is 13.1. The van der Waals surface area contributed by atoms with Gasteiger partial charge < -0.3 is 9.73 Å². The first-order chi connectivity index (χ1) is 15.7. The number of piperidine rings is 1. The van der Waals surface area contributed by atoms with Gasteiger partial charge in [-0.15, -0.1) is 0 Å². The molecule has 1 saturated heterocycles. The van der Waals surface area contributed by atoms with E-state index >= 15 is 0 Å². The molecule has 176 valence electrons. The Kier molecular flexibility index (Phi) is 6.92. The zero-order valence-electron chi connectivity index (χ0n) is 18.3. The minimum absolute atomic E-state index is 0.0187. The molecule has 0 spiro atoms. The third-order valence-corrected chi connectivity index (χ3v) is 8.24. The van der Waals surface area contributed by atoms with Crippen molar-refractivity contribution in [1.82, 2.24) is 14.2 Å². The minimum atomic E-state index is -3.70. The number of oxazole rings is 1. The lowest BCUT2D eigenvalue weighted by Crippen LogP contribution is -2.39. The number of nitrogens with zero attached hydrogens (tertiary/aromatic N) is 2. The molecule has 0 aliphatic carbocycles. The highest BCUT2D eigenvalue weighted by atomic mass is 35.5. The lowest BCUT2D eigenvalue weighted by atomic mass is 9.94. The highest BCUT2D eigenvalue weighted by molar-refractivity contribution is 7.89. The van der Waals surface area contributed by atoms with Gasteiger partial charge in [-0.3, -0.25) is 9.36 Å². The second-order valence-corrected chi connectivity index (χ2v) is 10.7. The molecule has 8 nitrogen and oxygen atoms in total. The summed E-state index contributed by atoms with van der Waals surface area (Å²) in [6.07, 6.45) is 2.35. The molecule has 1 aromatic heterocycles. The van der Waals surface area contributed by atoms with E-state index in [0.717, 1.165) is 12.0 Å². The Hall–Kier alpha value is -2.62. The van der Waals surface area contributed by atoms with Crippen molar-refractivity contribution in [1.29, 1.82) is 0 Å². The molecule has 2 aromatic carbocycles. The van der Waals surface area contributed by atoms with Gasteiger partial charge in [0.25, 0.3) is 0 Å². The maximum Gasteiger partial charge on any atom is 0.419 e. The molecule has 0 atom stereocenters. The third-order valence-electron chi connectivity index (χ3n) is 6.10. The SMILES string of the molecule is Cn1c(=O)oc2cc(S(=O)(=O)N3CCC(CC(=O)NCCc4ccc(Cl)cc4)CC3)ccc21. The lowest BCUT2D eigenvalue weighted by molar-refractivity contribution is -0.122. The molecule has 0 unspecified atom stereocenters. The quantitative estimate of drug-likeness (QED) is 0.547. The molecule has 33 heavy (non-hydrogen) atoms. The zero-order chi connectivity index (χ0) is 23.6. The number of carbonyl (C=O) groups excluding carboxylic acids is 1. The molecule has 4 rings (SSSR count). The summed E-state index contributed by atoms with van der Waals surface area (Å²) in [5.41, 5.74) is 1.89. The molecule has 10 heteroatoms. The van der Waals surface area contributed by atoms with Crippen LogP contribution in [0.5, 0.6) is 0 Å². The van der Waals surface area contributed by atoms with E-state index in [4.69, 9.17) is 16.0 Å². The van der Waals surface area contributed by atoms with Gasteiger partial charge in [-0.2, -0.15) is 4.31 Å². The Balaban J connectivity index is 1.28. The van der Waals surface area contributed by atoms with E-state index in [1.807, 2.05) is 24.3 Å². The Morgan fingerprint density at radius 2 is 1.85 bits per heavy atom. The molecule has 1 amide bonds. The van der Waals surface area contributed by atoms with Gasteiger partial charge in [0.05, 0.1) is 10.4 Å². The topological polar surface area (TPSA) is 102 Å². The van der Waals surface area contributed by atoms with Crippen molar-refractivity contribution in [3.63, 3.8) is 0 Å². The van der Waals surface area contributed by atoms with Gasteiger partial charge in [-0.05, 0) is 55.0 Å². The molecule has 0 saturated carbocycles. The summed E-state index contributed by atoms with van der Waals surface area (Å²) in [6, 6.07) is 12.0. The van der Waals surface area contributed by atoms with Crippen LogP contribution in [0.1, 0.15) is 24.8 Å². The first-order valence-corrected chi connectivity index (χ1v) is 12.7. The molecule has 0 bridgehead atoms. The van der Waals surface area contributed by atoms with E-state index in [2.05, 4.69) is 5.32 Å². The van der Waals surface area contributed by atoms with Crippen molar-refractivity contribution >= 4 is 38.6 Å². The Morgan fingerprint density at radius 1 is 1.15 bits per heavy atom. The number of hydrogen-bond donors (Lipinski definition) is 1. The third kappa shape index (κ3) is 5.31. The standard InChI is InChI=1S/C23H26ClN3O5S/c1-26-20-7-6-19(15-21(20)32-23(26)29)33(30,31)27-12-9-17(10-13-27)14-22(28)25-11-8-16-2-4-18(24)5-3-16/h2-7,15,17H,8-14H2,1H3,(H,25,28). The highest BCUT2D eigenvalue weighted by Gasteiger charge is 2.30. The number of sulfonamides is 1. The van der Waals surface area contributed by atoms with E-state index in [1.54, 1.807) is 13.1 Å². The second-order valence-electron chi connectivity index (χ2n) is 8.33. The van der Waals surface area contributed by atoms with Crippen LogP contribution in [0, 0.1) is 5.92 Å². The van der Waals surface area contributed by atoms with E-state index in [9.17, 15) is 18.0 Å². The number of fused-ring (bicyclic) bond motifs is 1. The summed E-state index contributed by atoms with van der Waals surface area (Å²) in [7, 11) is -2.13. The van der Waals surface area contributed by atoms with Crippen LogP contribution in [0.15, 0.2) is 56.6 Å².